The SMILES string of the molecule is CC(CC(N)P(=O)(O)O)c1ccccc1. The van der Waals surface area contributed by atoms with Crippen molar-refractivity contribution >= 4 is 7.60 Å². The topological polar surface area (TPSA) is 83.6 Å². The van der Waals surface area contributed by atoms with E-state index < -0.39 is 13.4 Å². The fraction of sp³-hybridized carbons (Fsp3) is 0.400. The summed E-state index contributed by atoms with van der Waals surface area (Å²) in [4.78, 5) is 17.7. The summed E-state index contributed by atoms with van der Waals surface area (Å²) in [6, 6.07) is 9.55. The molecule has 0 saturated heterocycles. The molecule has 0 spiro atoms. The van der Waals surface area contributed by atoms with Gasteiger partial charge >= 0.3 is 7.60 Å². The Morgan fingerprint density at radius 2 is 1.87 bits per heavy atom. The van der Waals surface area contributed by atoms with E-state index in [1.165, 1.54) is 0 Å². The summed E-state index contributed by atoms with van der Waals surface area (Å²) in [5, 5.41) is 0. The zero-order chi connectivity index (χ0) is 11.5. The lowest BCUT2D eigenvalue weighted by molar-refractivity contribution is 0.352. The van der Waals surface area contributed by atoms with Gasteiger partial charge in [-0.1, -0.05) is 37.3 Å². The van der Waals surface area contributed by atoms with Crippen LogP contribution in [0.3, 0.4) is 0 Å². The molecule has 0 aromatic heterocycles. The molecule has 0 aliphatic carbocycles. The first kappa shape index (κ1) is 12.4. The van der Waals surface area contributed by atoms with Gasteiger partial charge in [-0.2, -0.15) is 0 Å². The number of hydrogen-bond donors (Lipinski definition) is 3. The van der Waals surface area contributed by atoms with E-state index in [1.54, 1.807) is 0 Å². The third kappa shape index (κ3) is 3.76. The number of nitrogens with two attached hydrogens (primary N) is 1. The molecule has 0 amide bonds. The standard InChI is InChI=1S/C10H16NO3P/c1-8(7-10(11)15(12,13)14)9-5-3-2-4-6-9/h2-6,8,10H,7,11H2,1H3,(H2,12,13,14). The molecule has 1 aromatic carbocycles. The monoisotopic (exact) mass is 229 g/mol. The lowest BCUT2D eigenvalue weighted by atomic mass is 9.98. The maximum Gasteiger partial charge on any atom is 0.342 e. The van der Waals surface area contributed by atoms with E-state index >= 15 is 0 Å². The van der Waals surface area contributed by atoms with Crippen molar-refractivity contribution in [3.05, 3.63) is 35.9 Å². The molecule has 0 heterocycles. The maximum absolute atomic E-state index is 10.9. The first-order chi connectivity index (χ1) is 6.91. The van der Waals surface area contributed by atoms with Crippen LogP contribution in [0.1, 0.15) is 24.8 Å². The Morgan fingerprint density at radius 3 is 2.33 bits per heavy atom. The number of hydrogen-bond acceptors (Lipinski definition) is 2. The molecule has 2 unspecified atom stereocenters. The van der Waals surface area contributed by atoms with Crippen molar-refractivity contribution < 1.29 is 14.4 Å². The average Bonchev–Trinajstić information content (AvgIpc) is 2.17. The number of benzene rings is 1. The average molecular weight is 229 g/mol. The Hall–Kier alpha value is -0.670. The van der Waals surface area contributed by atoms with E-state index in [0.29, 0.717) is 0 Å². The Labute approximate surface area is 89.3 Å². The third-order valence-corrected chi connectivity index (χ3v) is 3.47. The Balaban J connectivity index is 2.65. The summed E-state index contributed by atoms with van der Waals surface area (Å²) < 4.78 is 10.9. The van der Waals surface area contributed by atoms with E-state index in [2.05, 4.69) is 0 Å². The fourth-order valence-corrected chi connectivity index (χ4v) is 2.01. The van der Waals surface area contributed by atoms with Gasteiger partial charge in [-0.15, -0.1) is 0 Å². The van der Waals surface area contributed by atoms with Gasteiger partial charge in [-0.05, 0) is 17.9 Å². The van der Waals surface area contributed by atoms with Crippen LogP contribution in [0.25, 0.3) is 0 Å². The molecule has 0 bridgehead atoms. The van der Waals surface area contributed by atoms with E-state index in [0.717, 1.165) is 5.56 Å². The van der Waals surface area contributed by atoms with Crippen molar-refractivity contribution in [2.45, 2.75) is 25.0 Å². The molecular formula is C10H16NO3P. The summed E-state index contributed by atoms with van der Waals surface area (Å²) in [5.74, 6) is -1.03. The van der Waals surface area contributed by atoms with Gasteiger partial charge in [0, 0.05) is 0 Å². The van der Waals surface area contributed by atoms with Crippen molar-refractivity contribution in [2.75, 3.05) is 0 Å². The lowest BCUT2D eigenvalue weighted by Crippen LogP contribution is -2.22. The minimum atomic E-state index is -4.15. The van der Waals surface area contributed by atoms with Gasteiger partial charge in [0.15, 0.2) is 0 Å². The molecule has 0 fully saturated rings. The van der Waals surface area contributed by atoms with Crippen molar-refractivity contribution in [1.29, 1.82) is 0 Å². The van der Waals surface area contributed by atoms with Gasteiger partial charge in [-0.3, -0.25) is 4.57 Å². The third-order valence-electron chi connectivity index (χ3n) is 2.40. The van der Waals surface area contributed by atoms with E-state index in [1.807, 2.05) is 37.3 Å². The minimum Gasteiger partial charge on any atom is -0.323 e. The molecule has 4 nitrogen and oxygen atoms in total. The smallest absolute Gasteiger partial charge is 0.323 e. The number of rotatable bonds is 4. The van der Waals surface area contributed by atoms with E-state index in [-0.39, 0.29) is 12.3 Å². The molecule has 15 heavy (non-hydrogen) atoms. The van der Waals surface area contributed by atoms with Crippen LogP contribution in [0.2, 0.25) is 0 Å². The van der Waals surface area contributed by atoms with Crippen LogP contribution in [-0.2, 0) is 4.57 Å². The van der Waals surface area contributed by atoms with Gasteiger partial charge in [0.1, 0.15) is 5.78 Å². The van der Waals surface area contributed by atoms with E-state index in [4.69, 9.17) is 15.5 Å². The van der Waals surface area contributed by atoms with Gasteiger partial charge in [0.05, 0.1) is 0 Å². The van der Waals surface area contributed by atoms with Crippen LogP contribution in [0, 0.1) is 0 Å². The predicted molar refractivity (Wildman–Crippen MR) is 59.5 cm³/mol. The molecule has 0 saturated carbocycles. The molecule has 2 atom stereocenters. The largest absolute Gasteiger partial charge is 0.342 e. The summed E-state index contributed by atoms with van der Waals surface area (Å²) in [5.41, 5.74) is 6.47. The highest BCUT2D eigenvalue weighted by atomic mass is 31.2. The molecule has 84 valence electrons. The second-order valence-electron chi connectivity index (χ2n) is 3.70. The van der Waals surface area contributed by atoms with Crippen LogP contribution in [0.15, 0.2) is 30.3 Å². The van der Waals surface area contributed by atoms with Crippen molar-refractivity contribution in [3.8, 4) is 0 Å². The second-order valence-corrected chi connectivity index (χ2v) is 5.55. The molecular weight excluding hydrogens is 213 g/mol. The summed E-state index contributed by atoms with van der Waals surface area (Å²) >= 11 is 0. The van der Waals surface area contributed by atoms with Crippen molar-refractivity contribution in [3.63, 3.8) is 0 Å². The summed E-state index contributed by atoms with van der Waals surface area (Å²) in [7, 11) is -4.15. The Morgan fingerprint density at radius 1 is 1.33 bits per heavy atom. The molecule has 1 rings (SSSR count). The molecule has 5 heteroatoms. The highest BCUT2D eigenvalue weighted by molar-refractivity contribution is 7.52. The van der Waals surface area contributed by atoms with Crippen molar-refractivity contribution in [2.24, 2.45) is 5.73 Å². The van der Waals surface area contributed by atoms with Gasteiger partial charge in [-0.25, -0.2) is 0 Å². The van der Waals surface area contributed by atoms with Gasteiger partial charge < -0.3 is 15.5 Å². The summed E-state index contributed by atoms with van der Waals surface area (Å²) in [6.07, 6.45) is 0.286. The van der Waals surface area contributed by atoms with Gasteiger partial charge in [0.2, 0.25) is 0 Å². The van der Waals surface area contributed by atoms with Crippen LogP contribution in [0.5, 0.6) is 0 Å². The van der Waals surface area contributed by atoms with Crippen LogP contribution < -0.4 is 5.73 Å². The van der Waals surface area contributed by atoms with Gasteiger partial charge in [0.25, 0.3) is 0 Å². The Kier molecular flexibility index (Phi) is 4.05. The van der Waals surface area contributed by atoms with Crippen LogP contribution in [-0.4, -0.2) is 15.6 Å². The molecule has 1 aromatic rings. The first-order valence-corrected chi connectivity index (χ1v) is 6.45. The van der Waals surface area contributed by atoms with E-state index in [9.17, 15) is 4.57 Å². The molecule has 0 aliphatic heterocycles. The zero-order valence-corrected chi connectivity index (χ0v) is 9.47. The maximum atomic E-state index is 10.9. The van der Waals surface area contributed by atoms with Crippen molar-refractivity contribution in [1.82, 2.24) is 0 Å². The highest BCUT2D eigenvalue weighted by Gasteiger charge is 2.26. The van der Waals surface area contributed by atoms with Crippen LogP contribution >= 0.6 is 7.60 Å². The van der Waals surface area contributed by atoms with Crippen LogP contribution in [0.4, 0.5) is 0 Å². The predicted octanol–water partition coefficient (Wildman–Crippen LogP) is 1.64. The fourth-order valence-electron chi connectivity index (χ4n) is 1.42. The second kappa shape index (κ2) is 4.90. The highest BCUT2D eigenvalue weighted by Crippen LogP contribution is 2.42. The Bertz CT molecular complexity index is 349. The first-order valence-electron chi connectivity index (χ1n) is 4.77. The summed E-state index contributed by atoms with van der Waals surface area (Å²) in [6.45, 7) is 1.91. The molecule has 4 N–H and O–H groups in total. The minimum absolute atomic E-state index is 0.0498. The quantitative estimate of drug-likeness (QED) is 0.685. The zero-order valence-electron chi connectivity index (χ0n) is 8.58. The lowest BCUT2D eigenvalue weighted by Gasteiger charge is -2.18. The molecule has 0 aliphatic rings. The normalized spacial score (nSPS) is 16.0. The molecule has 0 radical (unpaired) electrons.